The minimum atomic E-state index is -4.00. The average Bonchev–Trinajstić information content (AvgIpc) is 1.59. The van der Waals surface area contributed by atoms with Gasteiger partial charge < -0.3 is 9.87 Å². The first-order valence-electron chi connectivity index (χ1n) is 2.14. The van der Waals surface area contributed by atoms with Gasteiger partial charge in [0.05, 0.1) is 15.9 Å². The summed E-state index contributed by atoms with van der Waals surface area (Å²) in [6.07, 6.45) is 0. The van der Waals surface area contributed by atoms with Gasteiger partial charge in [-0.1, -0.05) is 0 Å². The lowest BCUT2D eigenvalue weighted by Gasteiger charge is -2.03. The second-order valence-corrected chi connectivity index (χ2v) is 2.89. The molecule has 0 rings (SSSR count). The third-order valence-electron chi connectivity index (χ3n) is 0.602. The summed E-state index contributed by atoms with van der Waals surface area (Å²) >= 11 is 0. The summed E-state index contributed by atoms with van der Waals surface area (Å²) in [6.45, 7) is 0.228. The van der Waals surface area contributed by atoms with E-state index >= 15 is 0 Å². The van der Waals surface area contributed by atoms with Crippen LogP contribution in [0.1, 0.15) is 0 Å². The number of hydrogen-bond acceptors (Lipinski definition) is 4. The molecule has 8 heavy (non-hydrogen) atoms. The Labute approximate surface area is 48.6 Å². The van der Waals surface area contributed by atoms with Crippen LogP contribution in [0, 0.1) is 0 Å². The minimum Gasteiger partial charge on any atom is -0.748 e. The molecule has 5 heteroatoms. The van der Waals surface area contributed by atoms with Gasteiger partial charge in [-0.25, -0.2) is 8.42 Å². The van der Waals surface area contributed by atoms with E-state index in [9.17, 15) is 13.0 Å². The van der Waals surface area contributed by atoms with Gasteiger partial charge in [-0.2, -0.15) is 0 Å². The Morgan fingerprint density at radius 2 is 2.12 bits per heavy atom. The zero-order valence-corrected chi connectivity index (χ0v) is 5.36. The van der Waals surface area contributed by atoms with Gasteiger partial charge in [0, 0.05) is 6.54 Å². The molecule has 0 aliphatic heterocycles. The Morgan fingerprint density at radius 1 is 1.62 bits per heavy atom. The highest BCUT2D eigenvalue weighted by molar-refractivity contribution is 7.85. The van der Waals surface area contributed by atoms with Gasteiger partial charge >= 0.3 is 0 Å². The molecule has 0 saturated heterocycles. The fourth-order valence-corrected chi connectivity index (χ4v) is 0.681. The van der Waals surface area contributed by atoms with Crippen molar-refractivity contribution in [2.45, 2.75) is 0 Å². The van der Waals surface area contributed by atoms with Crippen molar-refractivity contribution in [3.63, 3.8) is 0 Å². The molecular formula is C3H8NO3S-. The van der Waals surface area contributed by atoms with Crippen molar-refractivity contribution in [2.75, 3.05) is 19.3 Å². The van der Waals surface area contributed by atoms with E-state index in [0.717, 1.165) is 0 Å². The van der Waals surface area contributed by atoms with Crippen molar-refractivity contribution in [1.82, 2.24) is 5.32 Å². The highest BCUT2D eigenvalue weighted by atomic mass is 32.2. The monoisotopic (exact) mass is 138 g/mol. The molecule has 0 bridgehead atoms. The Hall–Kier alpha value is -0.130. The summed E-state index contributed by atoms with van der Waals surface area (Å²) in [5.41, 5.74) is 0. The van der Waals surface area contributed by atoms with E-state index < -0.39 is 10.1 Å². The molecule has 0 radical (unpaired) electrons. The molecule has 0 aliphatic rings. The molecule has 0 saturated carbocycles. The lowest BCUT2D eigenvalue weighted by molar-refractivity contribution is 0.462. The Bertz CT molecular complexity index is 139. The van der Waals surface area contributed by atoms with Gasteiger partial charge in [0.15, 0.2) is 0 Å². The first-order valence-corrected chi connectivity index (χ1v) is 3.72. The molecule has 0 atom stereocenters. The molecule has 0 amide bonds. The van der Waals surface area contributed by atoms with Crippen molar-refractivity contribution in [1.29, 1.82) is 0 Å². The molecule has 1 N–H and O–H groups in total. The Balaban J connectivity index is 3.42. The molecule has 4 nitrogen and oxygen atoms in total. The van der Waals surface area contributed by atoms with Gasteiger partial charge in [0.1, 0.15) is 0 Å². The van der Waals surface area contributed by atoms with Crippen LogP contribution >= 0.6 is 0 Å². The zero-order chi connectivity index (χ0) is 6.62. The van der Waals surface area contributed by atoms with Crippen molar-refractivity contribution in [2.24, 2.45) is 0 Å². The summed E-state index contributed by atoms with van der Waals surface area (Å²) in [4.78, 5) is 0. The summed E-state index contributed by atoms with van der Waals surface area (Å²) in [5, 5.41) is 2.55. The summed E-state index contributed by atoms with van der Waals surface area (Å²) in [5.74, 6) is -0.330. The van der Waals surface area contributed by atoms with Crippen LogP contribution < -0.4 is 5.32 Å². The van der Waals surface area contributed by atoms with Crippen molar-refractivity contribution in [3.8, 4) is 0 Å². The van der Waals surface area contributed by atoms with Crippen LogP contribution in [0.4, 0.5) is 0 Å². The fraction of sp³-hybridized carbons (Fsp3) is 1.00. The SMILES string of the molecule is CNCCS(=O)(=O)[O-]. The lowest BCUT2D eigenvalue weighted by atomic mass is 10.8. The number of nitrogens with one attached hydrogen (secondary N) is 1. The Kier molecular flexibility index (Phi) is 2.96. The van der Waals surface area contributed by atoms with Crippen LogP contribution in [0.5, 0.6) is 0 Å². The van der Waals surface area contributed by atoms with Gasteiger partial charge in [-0.05, 0) is 7.05 Å². The van der Waals surface area contributed by atoms with Crippen molar-refractivity contribution >= 4 is 10.1 Å². The topological polar surface area (TPSA) is 69.2 Å². The van der Waals surface area contributed by atoms with Gasteiger partial charge in [0.2, 0.25) is 0 Å². The maximum atomic E-state index is 9.79. The lowest BCUT2D eigenvalue weighted by Crippen LogP contribution is -2.18. The third-order valence-corrected chi connectivity index (χ3v) is 1.31. The number of rotatable bonds is 3. The van der Waals surface area contributed by atoms with E-state index in [4.69, 9.17) is 0 Å². The van der Waals surface area contributed by atoms with Crippen molar-refractivity contribution < 1.29 is 13.0 Å². The molecule has 50 valence electrons. The van der Waals surface area contributed by atoms with Gasteiger partial charge in [-0.3, -0.25) is 0 Å². The quantitative estimate of drug-likeness (QED) is 0.495. The molecule has 0 spiro atoms. The van der Waals surface area contributed by atoms with Crippen LogP contribution in [0.3, 0.4) is 0 Å². The van der Waals surface area contributed by atoms with E-state index in [1.165, 1.54) is 0 Å². The van der Waals surface area contributed by atoms with Crippen LogP contribution in [0.25, 0.3) is 0 Å². The van der Waals surface area contributed by atoms with E-state index in [0.29, 0.717) is 0 Å². The fourth-order valence-electron chi connectivity index (χ4n) is 0.227. The summed E-state index contributed by atoms with van der Waals surface area (Å²) in [6, 6.07) is 0. The van der Waals surface area contributed by atoms with Gasteiger partial charge in [-0.15, -0.1) is 0 Å². The first kappa shape index (κ1) is 7.87. The second-order valence-electron chi connectivity index (χ2n) is 1.37. The Morgan fingerprint density at radius 3 is 2.25 bits per heavy atom. The second kappa shape index (κ2) is 3.01. The molecule has 0 aromatic heterocycles. The predicted octanol–water partition coefficient (Wildman–Crippen LogP) is -1.25. The normalized spacial score (nSPS) is 11.8. The smallest absolute Gasteiger partial charge is 0.0958 e. The molecule has 0 aromatic rings. The van der Waals surface area contributed by atoms with Crippen LogP contribution in [-0.4, -0.2) is 32.3 Å². The third kappa shape index (κ3) is 5.87. The van der Waals surface area contributed by atoms with E-state index in [-0.39, 0.29) is 12.3 Å². The molecular weight excluding hydrogens is 130 g/mol. The van der Waals surface area contributed by atoms with Crippen LogP contribution in [0.15, 0.2) is 0 Å². The zero-order valence-electron chi connectivity index (χ0n) is 4.55. The first-order chi connectivity index (χ1) is 3.56. The van der Waals surface area contributed by atoms with Crippen molar-refractivity contribution in [3.05, 3.63) is 0 Å². The van der Waals surface area contributed by atoms with E-state index in [1.54, 1.807) is 7.05 Å². The van der Waals surface area contributed by atoms with Gasteiger partial charge in [0.25, 0.3) is 0 Å². The number of hydrogen-bond donors (Lipinski definition) is 1. The van der Waals surface area contributed by atoms with E-state index in [2.05, 4.69) is 5.32 Å². The average molecular weight is 138 g/mol. The predicted molar refractivity (Wildman–Crippen MR) is 28.5 cm³/mol. The minimum absolute atomic E-state index is 0.228. The highest BCUT2D eigenvalue weighted by Crippen LogP contribution is 1.75. The maximum absolute atomic E-state index is 9.79. The molecule has 0 aliphatic carbocycles. The molecule has 0 fully saturated rings. The van der Waals surface area contributed by atoms with Crippen LogP contribution in [-0.2, 0) is 10.1 Å². The summed E-state index contributed by atoms with van der Waals surface area (Å²) < 4.78 is 29.4. The molecule has 0 unspecified atom stereocenters. The standard InChI is InChI=1S/C3H9NO3S/c1-4-2-3-8(5,6)7/h4H,2-3H2,1H3,(H,5,6,7)/p-1. The summed E-state index contributed by atoms with van der Waals surface area (Å²) in [7, 11) is -2.41. The molecule has 0 aromatic carbocycles. The highest BCUT2D eigenvalue weighted by Gasteiger charge is 1.89. The molecule has 0 heterocycles. The van der Waals surface area contributed by atoms with E-state index in [1.807, 2.05) is 0 Å². The largest absolute Gasteiger partial charge is 0.748 e. The maximum Gasteiger partial charge on any atom is 0.0958 e. The van der Waals surface area contributed by atoms with Crippen LogP contribution in [0.2, 0.25) is 0 Å².